The van der Waals surface area contributed by atoms with Crippen LogP contribution in [-0.2, 0) is 0 Å². The number of rotatable bonds is 1. The van der Waals surface area contributed by atoms with Crippen molar-refractivity contribution in [2.45, 2.75) is 57.4 Å². The van der Waals surface area contributed by atoms with Gasteiger partial charge in [0.15, 0.2) is 0 Å². The average Bonchev–Trinajstić information content (AvgIpc) is 2.53. The van der Waals surface area contributed by atoms with E-state index in [4.69, 9.17) is 5.73 Å². The highest BCUT2D eigenvalue weighted by molar-refractivity contribution is 4.86. The summed E-state index contributed by atoms with van der Waals surface area (Å²) in [5.74, 6) is 1.89. The smallest absolute Gasteiger partial charge is 0.00698 e. The molecule has 2 fully saturated rings. The quantitative estimate of drug-likeness (QED) is 0.638. The highest BCUT2D eigenvalue weighted by Gasteiger charge is 2.31. The van der Waals surface area contributed by atoms with E-state index in [1.807, 2.05) is 0 Å². The molecule has 2 saturated carbocycles. The van der Waals surface area contributed by atoms with E-state index in [1.165, 1.54) is 51.4 Å². The van der Waals surface area contributed by atoms with Crippen molar-refractivity contribution in [3.8, 4) is 0 Å². The van der Waals surface area contributed by atoms with E-state index >= 15 is 0 Å². The van der Waals surface area contributed by atoms with Gasteiger partial charge in [0.05, 0.1) is 0 Å². The van der Waals surface area contributed by atoms with Gasteiger partial charge < -0.3 is 5.73 Å². The van der Waals surface area contributed by atoms with Gasteiger partial charge in [-0.15, -0.1) is 0 Å². The van der Waals surface area contributed by atoms with Crippen LogP contribution in [0.1, 0.15) is 51.4 Å². The van der Waals surface area contributed by atoms with Crippen molar-refractivity contribution < 1.29 is 0 Å². The van der Waals surface area contributed by atoms with Crippen molar-refractivity contribution in [1.82, 2.24) is 0 Å². The molecule has 0 aromatic rings. The average molecular weight is 167 g/mol. The summed E-state index contributed by atoms with van der Waals surface area (Å²) >= 11 is 0. The Hall–Kier alpha value is -0.0400. The SMILES string of the molecule is NC1CCCC1C1CCCCC1. The predicted molar refractivity (Wildman–Crippen MR) is 51.9 cm³/mol. The van der Waals surface area contributed by atoms with Gasteiger partial charge in [0.2, 0.25) is 0 Å². The summed E-state index contributed by atoms with van der Waals surface area (Å²) in [4.78, 5) is 0. The molecule has 2 rings (SSSR count). The minimum absolute atomic E-state index is 0.549. The first-order valence-corrected chi connectivity index (χ1v) is 5.63. The molecule has 1 nitrogen and oxygen atoms in total. The lowest BCUT2D eigenvalue weighted by Crippen LogP contribution is -2.31. The summed E-state index contributed by atoms with van der Waals surface area (Å²) in [5, 5.41) is 0. The van der Waals surface area contributed by atoms with Crippen LogP contribution in [0, 0.1) is 11.8 Å². The summed E-state index contributed by atoms with van der Waals surface area (Å²) in [6.07, 6.45) is 11.5. The van der Waals surface area contributed by atoms with Gasteiger partial charge >= 0.3 is 0 Å². The van der Waals surface area contributed by atoms with Crippen LogP contribution in [-0.4, -0.2) is 6.04 Å². The van der Waals surface area contributed by atoms with Crippen molar-refractivity contribution in [3.63, 3.8) is 0 Å². The highest BCUT2D eigenvalue weighted by atomic mass is 14.7. The Morgan fingerprint density at radius 1 is 0.750 bits per heavy atom. The molecule has 70 valence electrons. The third-order valence-electron chi connectivity index (χ3n) is 3.88. The van der Waals surface area contributed by atoms with Crippen LogP contribution in [0.15, 0.2) is 0 Å². The topological polar surface area (TPSA) is 26.0 Å². The molecular formula is C11H21N. The van der Waals surface area contributed by atoms with Gasteiger partial charge in [0.25, 0.3) is 0 Å². The fourth-order valence-corrected chi connectivity index (χ4v) is 3.17. The Morgan fingerprint density at radius 2 is 1.50 bits per heavy atom. The molecule has 0 saturated heterocycles. The third kappa shape index (κ3) is 1.66. The lowest BCUT2D eigenvalue weighted by atomic mass is 9.78. The Bertz CT molecular complexity index is 138. The van der Waals surface area contributed by atoms with Crippen molar-refractivity contribution in [2.75, 3.05) is 0 Å². The maximum absolute atomic E-state index is 6.11. The minimum atomic E-state index is 0.549. The Labute approximate surface area is 75.7 Å². The normalized spacial score (nSPS) is 38.8. The third-order valence-corrected chi connectivity index (χ3v) is 3.88. The molecule has 2 aliphatic rings. The molecule has 0 aromatic carbocycles. The first kappa shape index (κ1) is 8.55. The Kier molecular flexibility index (Phi) is 2.69. The number of hydrogen-bond acceptors (Lipinski definition) is 1. The molecule has 0 aliphatic heterocycles. The molecular weight excluding hydrogens is 146 g/mol. The van der Waals surface area contributed by atoms with E-state index in [0.29, 0.717) is 6.04 Å². The van der Waals surface area contributed by atoms with Crippen LogP contribution in [0.2, 0.25) is 0 Å². The molecule has 0 bridgehead atoms. The van der Waals surface area contributed by atoms with E-state index < -0.39 is 0 Å². The Balaban J connectivity index is 1.89. The molecule has 0 radical (unpaired) electrons. The summed E-state index contributed by atoms with van der Waals surface area (Å²) in [7, 11) is 0. The number of hydrogen-bond donors (Lipinski definition) is 1. The lowest BCUT2D eigenvalue weighted by molar-refractivity contribution is 0.234. The second-order valence-corrected chi connectivity index (χ2v) is 4.66. The van der Waals surface area contributed by atoms with Gasteiger partial charge in [-0.25, -0.2) is 0 Å². The molecule has 0 aromatic heterocycles. The van der Waals surface area contributed by atoms with Gasteiger partial charge in [0, 0.05) is 6.04 Å². The second kappa shape index (κ2) is 3.78. The van der Waals surface area contributed by atoms with Gasteiger partial charge in [-0.2, -0.15) is 0 Å². The zero-order valence-corrected chi connectivity index (χ0v) is 7.97. The van der Waals surface area contributed by atoms with E-state index in [1.54, 1.807) is 0 Å². The van der Waals surface area contributed by atoms with Gasteiger partial charge in [-0.05, 0) is 24.7 Å². The van der Waals surface area contributed by atoms with Gasteiger partial charge in [-0.1, -0.05) is 38.5 Å². The van der Waals surface area contributed by atoms with Crippen LogP contribution in [0.5, 0.6) is 0 Å². The predicted octanol–water partition coefficient (Wildman–Crippen LogP) is 2.69. The highest BCUT2D eigenvalue weighted by Crippen LogP contribution is 2.38. The van der Waals surface area contributed by atoms with Crippen molar-refractivity contribution >= 4 is 0 Å². The van der Waals surface area contributed by atoms with Crippen LogP contribution in [0.25, 0.3) is 0 Å². The van der Waals surface area contributed by atoms with Crippen LogP contribution in [0.3, 0.4) is 0 Å². The lowest BCUT2D eigenvalue weighted by Gasteiger charge is -2.29. The fraction of sp³-hybridized carbons (Fsp3) is 1.00. The largest absolute Gasteiger partial charge is 0.327 e. The first-order valence-electron chi connectivity index (χ1n) is 5.63. The van der Waals surface area contributed by atoms with Gasteiger partial charge in [0.1, 0.15) is 0 Å². The van der Waals surface area contributed by atoms with Crippen LogP contribution >= 0.6 is 0 Å². The fourth-order valence-electron chi connectivity index (χ4n) is 3.17. The summed E-state index contributed by atoms with van der Waals surface area (Å²) in [6.45, 7) is 0. The van der Waals surface area contributed by atoms with E-state index in [2.05, 4.69) is 0 Å². The van der Waals surface area contributed by atoms with Crippen molar-refractivity contribution in [1.29, 1.82) is 0 Å². The van der Waals surface area contributed by atoms with Crippen molar-refractivity contribution in [2.24, 2.45) is 17.6 Å². The standard InChI is InChI=1S/C11H21N/c12-11-8-4-7-10(11)9-5-2-1-3-6-9/h9-11H,1-8,12H2. The molecule has 0 heterocycles. The van der Waals surface area contributed by atoms with E-state index in [-0.39, 0.29) is 0 Å². The summed E-state index contributed by atoms with van der Waals surface area (Å²) < 4.78 is 0. The second-order valence-electron chi connectivity index (χ2n) is 4.66. The molecule has 2 unspecified atom stereocenters. The summed E-state index contributed by atoms with van der Waals surface area (Å²) in [6, 6.07) is 0.549. The molecule has 2 N–H and O–H groups in total. The molecule has 2 atom stereocenters. The molecule has 1 heteroatoms. The first-order chi connectivity index (χ1) is 5.88. The molecule has 2 aliphatic carbocycles. The maximum Gasteiger partial charge on any atom is 0.00698 e. The van der Waals surface area contributed by atoms with Crippen LogP contribution < -0.4 is 5.73 Å². The maximum atomic E-state index is 6.11. The zero-order chi connectivity index (χ0) is 8.39. The van der Waals surface area contributed by atoms with E-state index in [9.17, 15) is 0 Å². The van der Waals surface area contributed by atoms with E-state index in [0.717, 1.165) is 11.8 Å². The van der Waals surface area contributed by atoms with Crippen LogP contribution in [0.4, 0.5) is 0 Å². The van der Waals surface area contributed by atoms with Crippen molar-refractivity contribution in [3.05, 3.63) is 0 Å². The molecule has 0 spiro atoms. The molecule has 0 amide bonds. The monoisotopic (exact) mass is 167 g/mol. The molecule has 12 heavy (non-hydrogen) atoms. The summed E-state index contributed by atoms with van der Waals surface area (Å²) in [5.41, 5.74) is 6.11. The minimum Gasteiger partial charge on any atom is -0.327 e. The number of nitrogens with two attached hydrogens (primary N) is 1. The Morgan fingerprint density at radius 3 is 2.08 bits per heavy atom. The van der Waals surface area contributed by atoms with Gasteiger partial charge in [-0.3, -0.25) is 0 Å². The zero-order valence-electron chi connectivity index (χ0n) is 7.97.